The van der Waals surface area contributed by atoms with Gasteiger partial charge in [0.2, 0.25) is 0 Å². The van der Waals surface area contributed by atoms with Gasteiger partial charge in [0.1, 0.15) is 11.4 Å². The molecule has 8 heteroatoms. The number of H-pyrrole nitrogens is 1. The summed E-state index contributed by atoms with van der Waals surface area (Å²) in [5, 5.41) is 16.4. The molecule has 17 heavy (non-hydrogen) atoms. The first-order chi connectivity index (χ1) is 7.87. The maximum absolute atomic E-state index is 11.9. The summed E-state index contributed by atoms with van der Waals surface area (Å²) in [5.74, 6) is -1.97. The lowest BCUT2D eigenvalue weighted by atomic mass is 10.2. The molecule has 90 valence electrons. The highest BCUT2D eigenvalue weighted by Gasteiger charge is 2.31. The molecule has 0 aliphatic heterocycles. The number of aromatic amines is 1. The maximum Gasteiger partial charge on any atom is 0.573 e. The molecule has 5 nitrogen and oxygen atoms in total. The summed E-state index contributed by atoms with van der Waals surface area (Å²) in [6.45, 7) is 0. The first-order valence-electron chi connectivity index (χ1n) is 4.32. The minimum Gasteiger partial charge on any atom is -0.543 e. The molecule has 2 rings (SSSR count). The molecule has 0 saturated carbocycles. The Bertz CT molecular complexity index is 576. The zero-order chi connectivity index (χ0) is 12.6. The molecule has 0 aliphatic carbocycles. The van der Waals surface area contributed by atoms with E-state index in [0.717, 1.165) is 18.2 Å². The van der Waals surface area contributed by atoms with E-state index >= 15 is 0 Å². The van der Waals surface area contributed by atoms with Crippen LogP contribution in [0.25, 0.3) is 10.9 Å². The van der Waals surface area contributed by atoms with Crippen molar-refractivity contribution in [3.8, 4) is 5.75 Å². The molecule has 0 radical (unpaired) electrons. The Hall–Kier alpha value is -2.25. The zero-order valence-corrected chi connectivity index (χ0v) is 8.04. The first kappa shape index (κ1) is 11.2. The van der Waals surface area contributed by atoms with Crippen molar-refractivity contribution in [3.05, 3.63) is 23.9 Å². The Labute approximate surface area is 91.8 Å². The highest BCUT2D eigenvalue weighted by Crippen LogP contribution is 2.26. The summed E-state index contributed by atoms with van der Waals surface area (Å²) in [6, 6.07) is 3.16. The minimum absolute atomic E-state index is 0.117. The van der Waals surface area contributed by atoms with Gasteiger partial charge in [-0.25, -0.2) is 0 Å². The third-order valence-corrected chi connectivity index (χ3v) is 1.96. The fourth-order valence-electron chi connectivity index (χ4n) is 1.35. The second kappa shape index (κ2) is 3.65. The summed E-state index contributed by atoms with van der Waals surface area (Å²) in [6.07, 6.45) is -4.80. The molecule has 1 aromatic heterocycles. The van der Waals surface area contributed by atoms with Crippen LogP contribution in [-0.2, 0) is 0 Å². The van der Waals surface area contributed by atoms with Gasteiger partial charge in [0.05, 0.1) is 11.5 Å². The number of aromatic carboxylic acids is 1. The lowest BCUT2D eigenvalue weighted by Crippen LogP contribution is -2.22. The van der Waals surface area contributed by atoms with Gasteiger partial charge in [-0.05, 0) is 12.1 Å². The van der Waals surface area contributed by atoms with Crippen LogP contribution in [-0.4, -0.2) is 22.5 Å². The fraction of sp³-hybridized carbons (Fsp3) is 0.111. The number of halogens is 3. The van der Waals surface area contributed by atoms with E-state index in [-0.39, 0.29) is 16.6 Å². The molecule has 0 bridgehead atoms. The van der Waals surface area contributed by atoms with Gasteiger partial charge in [0.15, 0.2) is 0 Å². The quantitative estimate of drug-likeness (QED) is 0.849. The molecule has 2 aromatic rings. The number of aromatic nitrogens is 2. The third kappa shape index (κ3) is 2.30. The van der Waals surface area contributed by atoms with Gasteiger partial charge < -0.3 is 14.6 Å². The molecular weight excluding hydrogens is 241 g/mol. The smallest absolute Gasteiger partial charge is 0.543 e. The molecule has 0 fully saturated rings. The predicted molar refractivity (Wildman–Crippen MR) is 47.1 cm³/mol. The van der Waals surface area contributed by atoms with Gasteiger partial charge in [-0.1, -0.05) is 0 Å². The number of hydrogen-bond acceptors (Lipinski definition) is 4. The van der Waals surface area contributed by atoms with E-state index in [0.29, 0.717) is 0 Å². The second-order valence-electron chi connectivity index (χ2n) is 3.11. The van der Waals surface area contributed by atoms with Crippen molar-refractivity contribution in [1.29, 1.82) is 0 Å². The van der Waals surface area contributed by atoms with Crippen LogP contribution in [0.5, 0.6) is 5.75 Å². The first-order valence-corrected chi connectivity index (χ1v) is 4.32. The molecule has 0 aliphatic rings. The van der Waals surface area contributed by atoms with E-state index in [9.17, 15) is 23.1 Å². The Morgan fingerprint density at radius 1 is 1.41 bits per heavy atom. The monoisotopic (exact) mass is 245 g/mol. The van der Waals surface area contributed by atoms with Crippen LogP contribution in [0, 0.1) is 0 Å². The molecule has 0 atom stereocenters. The zero-order valence-electron chi connectivity index (χ0n) is 8.04. The van der Waals surface area contributed by atoms with Gasteiger partial charge in [0, 0.05) is 11.5 Å². The van der Waals surface area contributed by atoms with Gasteiger partial charge in [-0.15, -0.1) is 13.2 Å². The van der Waals surface area contributed by atoms with Crippen LogP contribution >= 0.6 is 0 Å². The second-order valence-corrected chi connectivity index (χ2v) is 3.11. The molecular formula is C9H4F3N2O3-. The van der Waals surface area contributed by atoms with Crippen LogP contribution in [0.2, 0.25) is 0 Å². The Morgan fingerprint density at radius 2 is 2.12 bits per heavy atom. The number of fused-ring (bicyclic) bond motifs is 1. The largest absolute Gasteiger partial charge is 0.573 e. The number of carbonyl (C=O) groups excluding carboxylic acids is 1. The Morgan fingerprint density at radius 3 is 2.71 bits per heavy atom. The fourth-order valence-corrected chi connectivity index (χ4v) is 1.35. The summed E-state index contributed by atoms with van der Waals surface area (Å²) >= 11 is 0. The van der Waals surface area contributed by atoms with E-state index in [1.165, 1.54) is 0 Å². The van der Waals surface area contributed by atoms with Gasteiger partial charge in [-0.2, -0.15) is 5.10 Å². The highest BCUT2D eigenvalue weighted by molar-refractivity contribution is 6.00. The predicted octanol–water partition coefficient (Wildman–Crippen LogP) is 0.825. The lowest BCUT2D eigenvalue weighted by Gasteiger charge is -2.08. The van der Waals surface area contributed by atoms with Crippen LogP contribution in [0.3, 0.4) is 0 Å². The summed E-state index contributed by atoms with van der Waals surface area (Å²) in [5.41, 5.74) is -0.246. The van der Waals surface area contributed by atoms with Crippen LogP contribution in [0.4, 0.5) is 13.2 Å². The topological polar surface area (TPSA) is 78.0 Å². The van der Waals surface area contributed by atoms with Crippen LogP contribution < -0.4 is 9.84 Å². The van der Waals surface area contributed by atoms with Crippen molar-refractivity contribution in [2.75, 3.05) is 0 Å². The summed E-state index contributed by atoms with van der Waals surface area (Å²) in [4.78, 5) is 10.6. The third-order valence-electron chi connectivity index (χ3n) is 1.96. The number of carboxylic acids is 1. The highest BCUT2D eigenvalue weighted by atomic mass is 19.4. The number of ether oxygens (including phenoxy) is 1. The Balaban J connectivity index is 2.43. The molecule has 1 N–H and O–H groups in total. The van der Waals surface area contributed by atoms with Crippen molar-refractivity contribution in [3.63, 3.8) is 0 Å². The molecule has 0 saturated heterocycles. The van der Waals surface area contributed by atoms with Crippen LogP contribution in [0.15, 0.2) is 18.2 Å². The molecule has 0 amide bonds. The summed E-state index contributed by atoms with van der Waals surface area (Å²) in [7, 11) is 0. The van der Waals surface area contributed by atoms with Gasteiger partial charge >= 0.3 is 6.36 Å². The number of alkyl halides is 3. The number of nitrogens with zero attached hydrogens (tertiary/aromatic N) is 1. The Kier molecular flexibility index (Phi) is 2.41. The lowest BCUT2D eigenvalue weighted by molar-refractivity contribution is -0.274. The average molecular weight is 245 g/mol. The normalized spacial score (nSPS) is 11.7. The maximum atomic E-state index is 11.9. The van der Waals surface area contributed by atoms with Crippen molar-refractivity contribution in [2.45, 2.75) is 6.36 Å². The van der Waals surface area contributed by atoms with E-state index < -0.39 is 18.1 Å². The number of nitrogens with one attached hydrogen (secondary N) is 1. The van der Waals surface area contributed by atoms with E-state index in [1.807, 2.05) is 0 Å². The molecule has 0 unspecified atom stereocenters. The number of carbonyl (C=O) groups is 1. The van der Waals surface area contributed by atoms with Gasteiger partial charge in [0.25, 0.3) is 0 Å². The standard InChI is InChI=1S/C9H5F3N2O3/c10-9(11,12)17-4-1-2-5-6(3-4)13-14-7(5)8(15)16/h1-3H,(H,13,14)(H,15,16)/p-1. The number of hydrogen-bond donors (Lipinski definition) is 1. The van der Waals surface area contributed by atoms with Crippen LogP contribution in [0.1, 0.15) is 10.5 Å². The molecule has 1 aromatic carbocycles. The van der Waals surface area contributed by atoms with E-state index in [2.05, 4.69) is 14.9 Å². The molecule has 1 heterocycles. The van der Waals surface area contributed by atoms with Crippen molar-refractivity contribution in [1.82, 2.24) is 10.2 Å². The summed E-state index contributed by atoms with van der Waals surface area (Å²) < 4.78 is 39.4. The number of rotatable bonds is 2. The van der Waals surface area contributed by atoms with Crippen molar-refractivity contribution < 1.29 is 27.8 Å². The van der Waals surface area contributed by atoms with E-state index in [4.69, 9.17) is 0 Å². The SMILES string of the molecule is O=C([O-])c1n[nH]c2cc(OC(F)(F)F)ccc12. The van der Waals surface area contributed by atoms with E-state index in [1.54, 1.807) is 0 Å². The molecule has 0 spiro atoms. The number of carboxylic acid groups (broad SMARTS) is 1. The average Bonchev–Trinajstić information content (AvgIpc) is 2.57. The van der Waals surface area contributed by atoms with Crippen molar-refractivity contribution in [2.24, 2.45) is 0 Å². The number of benzene rings is 1. The van der Waals surface area contributed by atoms with Gasteiger partial charge in [-0.3, -0.25) is 5.10 Å². The van der Waals surface area contributed by atoms with Crippen molar-refractivity contribution >= 4 is 16.9 Å². The minimum atomic E-state index is -4.80.